The Kier molecular flexibility index (Phi) is 6.83. The third-order valence-corrected chi connectivity index (χ3v) is 3.39. The quantitative estimate of drug-likeness (QED) is 0.722. The van der Waals surface area contributed by atoms with Gasteiger partial charge >= 0.3 is 0 Å². The van der Waals surface area contributed by atoms with E-state index in [0.29, 0.717) is 18.8 Å². The summed E-state index contributed by atoms with van der Waals surface area (Å²) in [5.74, 6) is 1.29. The highest BCUT2D eigenvalue weighted by Crippen LogP contribution is 2.16. The van der Waals surface area contributed by atoms with Crippen LogP contribution in [0.15, 0.2) is 48.5 Å². The Morgan fingerprint density at radius 3 is 2.20 bits per heavy atom. The van der Waals surface area contributed by atoms with E-state index in [1.807, 2.05) is 36.4 Å². The number of anilines is 1. The lowest BCUT2D eigenvalue weighted by Gasteiger charge is -2.09. The Hall–Kier alpha value is -3.02. The summed E-state index contributed by atoms with van der Waals surface area (Å²) in [7, 11) is 1.61. The van der Waals surface area contributed by atoms with Crippen LogP contribution in [0.25, 0.3) is 0 Å². The van der Waals surface area contributed by atoms with Crippen molar-refractivity contribution in [1.29, 1.82) is 0 Å². The number of amides is 2. The molecule has 0 heterocycles. The van der Waals surface area contributed by atoms with Gasteiger partial charge in [0.1, 0.15) is 18.1 Å². The number of hydrogen-bond acceptors (Lipinski definition) is 4. The molecule has 2 rings (SSSR count). The predicted octanol–water partition coefficient (Wildman–Crippen LogP) is 2.39. The highest BCUT2D eigenvalue weighted by molar-refractivity contribution is 5.88. The van der Waals surface area contributed by atoms with Crippen LogP contribution in [0.1, 0.15) is 12.5 Å². The molecule has 0 spiro atoms. The summed E-state index contributed by atoms with van der Waals surface area (Å²) < 4.78 is 10.6. The average Bonchev–Trinajstić information content (AvgIpc) is 2.60. The van der Waals surface area contributed by atoms with Crippen molar-refractivity contribution in [2.24, 2.45) is 0 Å². The first-order valence-electron chi connectivity index (χ1n) is 7.97. The van der Waals surface area contributed by atoms with Gasteiger partial charge in [0.05, 0.1) is 20.1 Å². The van der Waals surface area contributed by atoms with Crippen LogP contribution >= 0.6 is 0 Å². The Balaban J connectivity index is 1.68. The molecule has 6 nitrogen and oxygen atoms in total. The third kappa shape index (κ3) is 6.55. The molecule has 0 aromatic heterocycles. The van der Waals surface area contributed by atoms with Crippen molar-refractivity contribution < 1.29 is 19.1 Å². The van der Waals surface area contributed by atoms with Crippen LogP contribution in [-0.2, 0) is 16.0 Å². The number of carbonyl (C=O) groups is 2. The maximum Gasteiger partial charge on any atom is 0.224 e. The van der Waals surface area contributed by atoms with Gasteiger partial charge in [0.2, 0.25) is 11.8 Å². The van der Waals surface area contributed by atoms with Crippen LogP contribution < -0.4 is 20.1 Å². The van der Waals surface area contributed by atoms with Crippen LogP contribution in [0, 0.1) is 0 Å². The van der Waals surface area contributed by atoms with Crippen molar-refractivity contribution in [3.63, 3.8) is 0 Å². The predicted molar refractivity (Wildman–Crippen MR) is 95.9 cm³/mol. The van der Waals surface area contributed by atoms with Gasteiger partial charge in [-0.2, -0.15) is 0 Å². The van der Waals surface area contributed by atoms with E-state index in [-0.39, 0.29) is 18.2 Å². The van der Waals surface area contributed by atoms with E-state index in [2.05, 4.69) is 10.6 Å². The fourth-order valence-electron chi connectivity index (χ4n) is 2.19. The van der Waals surface area contributed by atoms with Crippen molar-refractivity contribution >= 4 is 17.5 Å². The molecule has 0 radical (unpaired) electrons. The lowest BCUT2D eigenvalue weighted by Crippen LogP contribution is -2.29. The van der Waals surface area contributed by atoms with E-state index in [0.717, 1.165) is 17.1 Å². The maximum atomic E-state index is 11.9. The van der Waals surface area contributed by atoms with Crippen LogP contribution in [0.5, 0.6) is 11.5 Å². The molecule has 0 aliphatic rings. The number of hydrogen-bond donors (Lipinski definition) is 2. The number of nitrogens with one attached hydrogen (secondary N) is 2. The molecular weight excluding hydrogens is 320 g/mol. The van der Waals surface area contributed by atoms with Crippen molar-refractivity contribution in [3.05, 3.63) is 54.1 Å². The molecule has 6 heteroatoms. The van der Waals surface area contributed by atoms with E-state index in [1.165, 1.54) is 6.92 Å². The molecule has 0 fully saturated rings. The summed E-state index contributed by atoms with van der Waals surface area (Å²) in [5.41, 5.74) is 1.59. The first-order valence-corrected chi connectivity index (χ1v) is 7.97. The Bertz CT molecular complexity index is 696. The number of rotatable bonds is 8. The van der Waals surface area contributed by atoms with E-state index in [1.54, 1.807) is 19.2 Å². The normalized spacial score (nSPS) is 10.0. The minimum Gasteiger partial charge on any atom is -0.497 e. The third-order valence-electron chi connectivity index (χ3n) is 3.39. The lowest BCUT2D eigenvalue weighted by atomic mass is 10.1. The van der Waals surface area contributed by atoms with Crippen LogP contribution in [0.2, 0.25) is 0 Å². The van der Waals surface area contributed by atoms with Crippen LogP contribution in [0.3, 0.4) is 0 Å². The van der Waals surface area contributed by atoms with Gasteiger partial charge in [-0.05, 0) is 42.0 Å². The molecule has 0 saturated carbocycles. The van der Waals surface area contributed by atoms with Gasteiger partial charge in [0, 0.05) is 12.6 Å². The summed E-state index contributed by atoms with van der Waals surface area (Å²) in [6.07, 6.45) is 0.281. The topological polar surface area (TPSA) is 76.7 Å². The van der Waals surface area contributed by atoms with Crippen molar-refractivity contribution in [3.8, 4) is 11.5 Å². The zero-order valence-corrected chi connectivity index (χ0v) is 14.4. The largest absolute Gasteiger partial charge is 0.497 e. The number of benzene rings is 2. The Morgan fingerprint density at radius 2 is 1.60 bits per heavy atom. The smallest absolute Gasteiger partial charge is 0.224 e. The second-order valence-electron chi connectivity index (χ2n) is 5.43. The molecule has 2 amide bonds. The van der Waals surface area contributed by atoms with E-state index >= 15 is 0 Å². The van der Waals surface area contributed by atoms with Crippen molar-refractivity contribution in [1.82, 2.24) is 5.32 Å². The van der Waals surface area contributed by atoms with Crippen molar-refractivity contribution in [2.45, 2.75) is 13.3 Å². The minimum absolute atomic E-state index is 0.0781. The molecule has 0 aliphatic carbocycles. The molecular formula is C19H22N2O4. The second-order valence-corrected chi connectivity index (χ2v) is 5.43. The van der Waals surface area contributed by atoms with Gasteiger partial charge in [-0.1, -0.05) is 12.1 Å². The SMILES string of the molecule is COc1ccc(OCCNC(=O)Cc2ccc(NC(C)=O)cc2)cc1. The first kappa shape index (κ1) is 18.3. The van der Waals surface area contributed by atoms with Gasteiger partial charge in [-0.25, -0.2) is 0 Å². The van der Waals surface area contributed by atoms with E-state index < -0.39 is 0 Å². The average molecular weight is 342 g/mol. The van der Waals surface area contributed by atoms with Gasteiger partial charge in [-0.15, -0.1) is 0 Å². The number of carbonyl (C=O) groups excluding carboxylic acids is 2. The fraction of sp³-hybridized carbons (Fsp3) is 0.263. The highest BCUT2D eigenvalue weighted by atomic mass is 16.5. The zero-order chi connectivity index (χ0) is 18.1. The van der Waals surface area contributed by atoms with E-state index in [4.69, 9.17) is 9.47 Å². The molecule has 25 heavy (non-hydrogen) atoms. The molecule has 2 aromatic carbocycles. The molecule has 2 N–H and O–H groups in total. The minimum atomic E-state index is -0.123. The molecule has 0 atom stereocenters. The molecule has 132 valence electrons. The van der Waals surface area contributed by atoms with E-state index in [9.17, 15) is 9.59 Å². The molecule has 0 unspecified atom stereocenters. The lowest BCUT2D eigenvalue weighted by molar-refractivity contribution is -0.120. The number of ether oxygens (including phenoxy) is 2. The highest BCUT2D eigenvalue weighted by Gasteiger charge is 2.04. The monoisotopic (exact) mass is 342 g/mol. The summed E-state index contributed by atoms with van der Waals surface area (Å²) in [4.78, 5) is 22.9. The summed E-state index contributed by atoms with van der Waals surface area (Å²) in [6, 6.07) is 14.5. The Labute approximate surface area is 147 Å². The summed E-state index contributed by atoms with van der Waals surface area (Å²) in [6.45, 7) is 2.27. The van der Waals surface area contributed by atoms with Crippen LogP contribution in [-0.4, -0.2) is 32.1 Å². The van der Waals surface area contributed by atoms with Gasteiger partial charge < -0.3 is 20.1 Å². The summed E-state index contributed by atoms with van der Waals surface area (Å²) >= 11 is 0. The molecule has 0 saturated heterocycles. The van der Waals surface area contributed by atoms with Crippen LogP contribution in [0.4, 0.5) is 5.69 Å². The number of methoxy groups -OCH3 is 1. The second kappa shape index (κ2) is 9.32. The molecule has 2 aromatic rings. The maximum absolute atomic E-state index is 11.9. The van der Waals surface area contributed by atoms with Crippen molar-refractivity contribution in [2.75, 3.05) is 25.6 Å². The fourth-order valence-corrected chi connectivity index (χ4v) is 2.19. The van der Waals surface area contributed by atoms with Gasteiger partial charge in [0.15, 0.2) is 0 Å². The standard InChI is InChI=1S/C19H22N2O4/c1-14(22)21-16-5-3-15(4-6-16)13-19(23)20-11-12-25-18-9-7-17(24-2)8-10-18/h3-10H,11-13H2,1-2H3,(H,20,23)(H,21,22). The Morgan fingerprint density at radius 1 is 0.960 bits per heavy atom. The summed E-state index contributed by atoms with van der Waals surface area (Å²) in [5, 5.41) is 5.50. The molecule has 0 bridgehead atoms. The van der Waals surface area contributed by atoms with Gasteiger partial charge in [0.25, 0.3) is 0 Å². The van der Waals surface area contributed by atoms with Gasteiger partial charge in [-0.3, -0.25) is 9.59 Å². The molecule has 0 aliphatic heterocycles. The zero-order valence-electron chi connectivity index (χ0n) is 14.4. The first-order chi connectivity index (χ1) is 12.1.